The number of guanidine groups is 1. The summed E-state index contributed by atoms with van der Waals surface area (Å²) in [5.41, 5.74) is 4.86. The molecule has 1 unspecified atom stereocenters. The Kier molecular flexibility index (Phi) is 8.74. The molecule has 0 aromatic heterocycles. The van der Waals surface area contributed by atoms with Crippen LogP contribution in [0.4, 0.5) is 0 Å². The van der Waals surface area contributed by atoms with Gasteiger partial charge in [0.2, 0.25) is 0 Å². The predicted octanol–water partition coefficient (Wildman–Crippen LogP) is 3.34. The molecular formula is C25H36N4O2. The first-order valence-electron chi connectivity index (χ1n) is 11.0. The molecule has 1 saturated heterocycles. The van der Waals surface area contributed by atoms with Gasteiger partial charge in [-0.1, -0.05) is 36.4 Å². The average Bonchev–Trinajstić information content (AvgIpc) is 3.27. The molecule has 0 amide bonds. The van der Waals surface area contributed by atoms with Gasteiger partial charge in [0.1, 0.15) is 5.75 Å². The highest BCUT2D eigenvalue weighted by Gasteiger charge is 2.17. The fraction of sp³-hybridized carbons (Fsp3) is 0.480. The van der Waals surface area contributed by atoms with Crippen molar-refractivity contribution >= 4 is 5.96 Å². The summed E-state index contributed by atoms with van der Waals surface area (Å²) in [6.07, 6.45) is 1.08. The molecule has 0 spiro atoms. The molecule has 168 valence electrons. The van der Waals surface area contributed by atoms with Crippen LogP contribution in [0.25, 0.3) is 0 Å². The zero-order valence-corrected chi connectivity index (χ0v) is 19.3. The molecule has 1 aliphatic heterocycles. The lowest BCUT2D eigenvalue weighted by molar-refractivity contribution is 0.166. The monoisotopic (exact) mass is 424 g/mol. The van der Waals surface area contributed by atoms with Gasteiger partial charge in [0, 0.05) is 44.8 Å². The van der Waals surface area contributed by atoms with Crippen LogP contribution in [-0.4, -0.2) is 51.8 Å². The smallest absolute Gasteiger partial charge is 0.191 e. The third kappa shape index (κ3) is 7.56. The molecule has 31 heavy (non-hydrogen) atoms. The Morgan fingerprint density at radius 2 is 1.94 bits per heavy atom. The Labute approximate surface area is 186 Å². The molecule has 2 aromatic carbocycles. The van der Waals surface area contributed by atoms with Gasteiger partial charge in [0.15, 0.2) is 5.96 Å². The van der Waals surface area contributed by atoms with E-state index in [1.165, 1.54) is 16.7 Å². The van der Waals surface area contributed by atoms with Gasteiger partial charge in [-0.2, -0.15) is 0 Å². The van der Waals surface area contributed by atoms with Crippen LogP contribution in [0.2, 0.25) is 0 Å². The van der Waals surface area contributed by atoms with E-state index in [2.05, 4.69) is 84.0 Å². The van der Waals surface area contributed by atoms with E-state index in [0.29, 0.717) is 19.1 Å². The van der Waals surface area contributed by atoms with Gasteiger partial charge >= 0.3 is 0 Å². The number of aryl methyl sites for hydroxylation is 1. The standard InChI is InChI=1S/C25H36N4O2/c1-19-8-9-23(24(12-19)31-18-22-10-11-30-17-22)15-28-25(26-2)27-14-20-6-5-7-21(13-20)16-29(3)4/h5-9,12-13,22H,10-11,14-18H2,1-4H3,(H2,26,27,28). The summed E-state index contributed by atoms with van der Waals surface area (Å²) in [7, 11) is 5.97. The maximum atomic E-state index is 6.16. The molecule has 0 radical (unpaired) electrons. The quantitative estimate of drug-likeness (QED) is 0.478. The molecule has 1 fully saturated rings. The number of nitrogens with one attached hydrogen (secondary N) is 2. The summed E-state index contributed by atoms with van der Waals surface area (Å²) in [4.78, 5) is 6.55. The van der Waals surface area contributed by atoms with Gasteiger partial charge in [0.25, 0.3) is 0 Å². The molecule has 1 aliphatic rings. The highest BCUT2D eigenvalue weighted by Crippen LogP contribution is 2.22. The number of benzene rings is 2. The zero-order chi connectivity index (χ0) is 22.1. The van der Waals surface area contributed by atoms with Crippen LogP contribution in [0.15, 0.2) is 47.5 Å². The second kappa shape index (κ2) is 11.7. The van der Waals surface area contributed by atoms with Crippen molar-refractivity contribution in [2.45, 2.75) is 33.0 Å². The van der Waals surface area contributed by atoms with E-state index in [0.717, 1.165) is 50.0 Å². The average molecular weight is 425 g/mol. The number of rotatable bonds is 9. The Bertz CT molecular complexity index is 860. The summed E-state index contributed by atoms with van der Waals surface area (Å²) in [5, 5.41) is 6.83. The second-order valence-corrected chi connectivity index (χ2v) is 8.49. The molecule has 2 N–H and O–H groups in total. The summed E-state index contributed by atoms with van der Waals surface area (Å²) in [6.45, 7) is 6.74. The normalized spacial score (nSPS) is 16.5. The summed E-state index contributed by atoms with van der Waals surface area (Å²) in [5.74, 6) is 2.19. The van der Waals surface area contributed by atoms with Crippen molar-refractivity contribution in [1.29, 1.82) is 0 Å². The van der Waals surface area contributed by atoms with Crippen molar-refractivity contribution in [3.05, 3.63) is 64.7 Å². The topological polar surface area (TPSA) is 58.1 Å². The van der Waals surface area contributed by atoms with Crippen LogP contribution in [0.5, 0.6) is 5.75 Å². The lowest BCUT2D eigenvalue weighted by atomic mass is 10.1. The fourth-order valence-electron chi connectivity index (χ4n) is 3.65. The lowest BCUT2D eigenvalue weighted by Gasteiger charge is -2.17. The van der Waals surface area contributed by atoms with E-state index in [9.17, 15) is 0 Å². The molecule has 6 heteroatoms. The predicted molar refractivity (Wildman–Crippen MR) is 126 cm³/mol. The van der Waals surface area contributed by atoms with Crippen molar-refractivity contribution in [2.24, 2.45) is 10.9 Å². The second-order valence-electron chi connectivity index (χ2n) is 8.49. The van der Waals surface area contributed by atoms with Crippen LogP contribution in [0.3, 0.4) is 0 Å². The maximum absolute atomic E-state index is 6.16. The van der Waals surface area contributed by atoms with E-state index in [4.69, 9.17) is 9.47 Å². The van der Waals surface area contributed by atoms with E-state index in [-0.39, 0.29) is 0 Å². The Morgan fingerprint density at radius 3 is 2.68 bits per heavy atom. The van der Waals surface area contributed by atoms with E-state index in [1.807, 2.05) is 0 Å². The van der Waals surface area contributed by atoms with Gasteiger partial charge in [0.05, 0.1) is 13.2 Å². The largest absolute Gasteiger partial charge is 0.493 e. The van der Waals surface area contributed by atoms with Crippen molar-refractivity contribution in [1.82, 2.24) is 15.5 Å². The molecule has 0 saturated carbocycles. The SMILES string of the molecule is CN=C(NCc1cccc(CN(C)C)c1)NCc1ccc(C)cc1OCC1CCOC1. The Hall–Kier alpha value is -2.57. The van der Waals surface area contributed by atoms with Crippen LogP contribution in [-0.2, 0) is 24.4 Å². The molecule has 3 rings (SSSR count). The lowest BCUT2D eigenvalue weighted by Crippen LogP contribution is -2.36. The van der Waals surface area contributed by atoms with E-state index < -0.39 is 0 Å². The van der Waals surface area contributed by atoms with Gasteiger partial charge < -0.3 is 25.0 Å². The zero-order valence-electron chi connectivity index (χ0n) is 19.3. The van der Waals surface area contributed by atoms with Crippen LogP contribution < -0.4 is 15.4 Å². The first-order chi connectivity index (χ1) is 15.0. The van der Waals surface area contributed by atoms with Gasteiger partial charge in [-0.15, -0.1) is 0 Å². The number of hydrogen-bond donors (Lipinski definition) is 2. The van der Waals surface area contributed by atoms with Gasteiger partial charge in [-0.25, -0.2) is 0 Å². The Balaban J connectivity index is 1.54. The first kappa shape index (κ1) is 23.1. The third-order valence-corrected chi connectivity index (χ3v) is 5.34. The summed E-state index contributed by atoms with van der Waals surface area (Å²) < 4.78 is 11.6. The highest BCUT2D eigenvalue weighted by molar-refractivity contribution is 5.79. The van der Waals surface area contributed by atoms with Gasteiger partial charge in [-0.05, 0) is 50.2 Å². The summed E-state index contributed by atoms with van der Waals surface area (Å²) in [6, 6.07) is 15.0. The number of nitrogens with zero attached hydrogens (tertiary/aromatic N) is 2. The molecule has 0 aliphatic carbocycles. The molecular weight excluding hydrogens is 388 g/mol. The van der Waals surface area contributed by atoms with Crippen molar-refractivity contribution in [3.8, 4) is 5.75 Å². The minimum absolute atomic E-state index is 0.485. The van der Waals surface area contributed by atoms with Crippen LogP contribution >= 0.6 is 0 Å². The number of hydrogen-bond acceptors (Lipinski definition) is 4. The molecule has 6 nitrogen and oxygen atoms in total. The minimum atomic E-state index is 0.485. The molecule has 2 aromatic rings. The number of aliphatic imine (C=N–C) groups is 1. The van der Waals surface area contributed by atoms with Crippen LogP contribution in [0, 0.1) is 12.8 Å². The van der Waals surface area contributed by atoms with Crippen LogP contribution in [0.1, 0.15) is 28.7 Å². The molecule has 0 bridgehead atoms. The molecule has 1 heterocycles. The van der Waals surface area contributed by atoms with E-state index >= 15 is 0 Å². The Morgan fingerprint density at radius 1 is 1.13 bits per heavy atom. The first-order valence-corrected chi connectivity index (χ1v) is 11.0. The fourth-order valence-corrected chi connectivity index (χ4v) is 3.65. The number of ether oxygens (including phenoxy) is 2. The van der Waals surface area contributed by atoms with Crippen molar-refractivity contribution in [2.75, 3.05) is 41.0 Å². The van der Waals surface area contributed by atoms with Gasteiger partial charge in [-0.3, -0.25) is 4.99 Å². The highest BCUT2D eigenvalue weighted by atomic mass is 16.5. The van der Waals surface area contributed by atoms with Crippen molar-refractivity contribution in [3.63, 3.8) is 0 Å². The third-order valence-electron chi connectivity index (χ3n) is 5.34. The minimum Gasteiger partial charge on any atom is -0.493 e. The van der Waals surface area contributed by atoms with E-state index in [1.54, 1.807) is 7.05 Å². The maximum Gasteiger partial charge on any atom is 0.191 e. The molecule has 1 atom stereocenters. The summed E-state index contributed by atoms with van der Waals surface area (Å²) >= 11 is 0. The van der Waals surface area contributed by atoms with Crippen molar-refractivity contribution < 1.29 is 9.47 Å².